The van der Waals surface area contributed by atoms with Crippen molar-refractivity contribution < 1.29 is 0 Å². The highest BCUT2D eigenvalue weighted by atomic mass is 15.0. The predicted molar refractivity (Wildman–Crippen MR) is 50.9 cm³/mol. The summed E-state index contributed by atoms with van der Waals surface area (Å²) in [4.78, 5) is 8.41. The van der Waals surface area contributed by atoms with Crippen molar-refractivity contribution in [3.63, 3.8) is 0 Å². The lowest BCUT2D eigenvalue weighted by molar-refractivity contribution is 0.913. The molecule has 2 aromatic heterocycles. The predicted octanol–water partition coefficient (Wildman–Crippen LogP) is 1.66. The van der Waals surface area contributed by atoms with Crippen LogP contribution < -0.4 is 0 Å². The van der Waals surface area contributed by atoms with Crippen LogP contribution in [-0.4, -0.2) is 14.5 Å². The lowest BCUT2D eigenvalue weighted by Gasteiger charge is -1.95. The SMILES string of the molecule is [CH2]c1ccnc(-c2cn(C)cn2)c1. The minimum atomic E-state index is 0.869. The van der Waals surface area contributed by atoms with Crippen LogP contribution in [0.25, 0.3) is 11.4 Å². The smallest absolute Gasteiger partial charge is 0.107 e. The second-order valence-corrected chi connectivity index (χ2v) is 2.97. The number of aryl methyl sites for hydroxylation is 1. The largest absolute Gasteiger partial charge is 0.340 e. The van der Waals surface area contributed by atoms with Crippen molar-refractivity contribution in [3.8, 4) is 11.4 Å². The highest BCUT2D eigenvalue weighted by Crippen LogP contribution is 2.14. The molecule has 0 aliphatic rings. The molecule has 2 aromatic rings. The van der Waals surface area contributed by atoms with Gasteiger partial charge in [0.2, 0.25) is 0 Å². The minimum Gasteiger partial charge on any atom is -0.340 e. The summed E-state index contributed by atoms with van der Waals surface area (Å²) in [7, 11) is 1.94. The van der Waals surface area contributed by atoms with Gasteiger partial charge in [-0.25, -0.2) is 4.98 Å². The van der Waals surface area contributed by atoms with Gasteiger partial charge in [0.15, 0.2) is 0 Å². The molecule has 0 saturated heterocycles. The molecule has 2 rings (SSSR count). The van der Waals surface area contributed by atoms with Crippen LogP contribution in [-0.2, 0) is 7.05 Å². The molecule has 0 unspecified atom stereocenters. The molecule has 0 N–H and O–H groups in total. The van der Waals surface area contributed by atoms with E-state index >= 15 is 0 Å². The van der Waals surface area contributed by atoms with Gasteiger partial charge in [-0.05, 0) is 24.6 Å². The molecule has 13 heavy (non-hydrogen) atoms. The first-order valence-electron chi connectivity index (χ1n) is 4.02. The summed E-state index contributed by atoms with van der Waals surface area (Å²) < 4.78 is 1.90. The summed E-state index contributed by atoms with van der Waals surface area (Å²) in [6.45, 7) is 3.84. The van der Waals surface area contributed by atoms with Crippen LogP contribution in [0.2, 0.25) is 0 Å². The molecule has 0 aliphatic heterocycles. The van der Waals surface area contributed by atoms with Gasteiger partial charge in [-0.2, -0.15) is 0 Å². The van der Waals surface area contributed by atoms with Crippen molar-refractivity contribution in [2.75, 3.05) is 0 Å². The number of hydrogen-bond acceptors (Lipinski definition) is 2. The molecular formula is C10H10N3. The van der Waals surface area contributed by atoms with E-state index in [1.165, 1.54) is 0 Å². The van der Waals surface area contributed by atoms with Crippen LogP contribution >= 0.6 is 0 Å². The average Bonchev–Trinajstić information content (AvgIpc) is 2.52. The molecule has 0 bridgehead atoms. The Labute approximate surface area is 77.1 Å². The topological polar surface area (TPSA) is 30.7 Å². The Morgan fingerprint density at radius 3 is 2.77 bits per heavy atom. The Bertz CT molecular complexity index is 418. The normalized spacial score (nSPS) is 10.3. The number of pyridine rings is 1. The molecule has 2 heterocycles. The van der Waals surface area contributed by atoms with Crippen LogP contribution in [0.1, 0.15) is 5.56 Å². The maximum atomic E-state index is 4.21. The maximum Gasteiger partial charge on any atom is 0.107 e. The third-order valence-corrected chi connectivity index (χ3v) is 1.79. The van der Waals surface area contributed by atoms with Gasteiger partial charge in [-0.1, -0.05) is 0 Å². The molecule has 0 atom stereocenters. The van der Waals surface area contributed by atoms with Gasteiger partial charge >= 0.3 is 0 Å². The third-order valence-electron chi connectivity index (χ3n) is 1.79. The Balaban J connectivity index is 2.46. The third kappa shape index (κ3) is 1.59. The first kappa shape index (κ1) is 7.98. The summed E-state index contributed by atoms with van der Waals surface area (Å²) in [6, 6.07) is 3.79. The molecule has 0 fully saturated rings. The molecule has 0 aliphatic carbocycles. The summed E-state index contributed by atoms with van der Waals surface area (Å²) in [5.41, 5.74) is 2.71. The van der Waals surface area contributed by atoms with Crippen molar-refractivity contribution in [1.82, 2.24) is 14.5 Å². The van der Waals surface area contributed by atoms with Crippen LogP contribution in [0, 0.1) is 6.92 Å². The number of imidazole rings is 1. The molecule has 0 aromatic carbocycles. The lowest BCUT2D eigenvalue weighted by Crippen LogP contribution is -1.84. The van der Waals surface area contributed by atoms with Crippen molar-refractivity contribution in [2.45, 2.75) is 0 Å². The Kier molecular flexibility index (Phi) is 1.85. The summed E-state index contributed by atoms with van der Waals surface area (Å²) in [6.07, 6.45) is 5.43. The molecule has 0 saturated carbocycles. The zero-order valence-electron chi connectivity index (χ0n) is 7.44. The first-order chi connectivity index (χ1) is 6.25. The van der Waals surface area contributed by atoms with E-state index in [0.717, 1.165) is 17.0 Å². The summed E-state index contributed by atoms with van der Waals surface area (Å²) >= 11 is 0. The van der Waals surface area contributed by atoms with Gasteiger partial charge in [-0.3, -0.25) is 4.98 Å². The maximum absolute atomic E-state index is 4.21. The summed E-state index contributed by atoms with van der Waals surface area (Å²) in [5.74, 6) is 0. The van der Waals surface area contributed by atoms with E-state index in [2.05, 4.69) is 16.9 Å². The first-order valence-corrected chi connectivity index (χ1v) is 4.02. The molecule has 3 heteroatoms. The van der Waals surface area contributed by atoms with Gasteiger partial charge in [0, 0.05) is 19.4 Å². The average molecular weight is 172 g/mol. The van der Waals surface area contributed by atoms with E-state index in [0.29, 0.717) is 0 Å². The monoisotopic (exact) mass is 172 g/mol. The number of hydrogen-bond donors (Lipinski definition) is 0. The van der Waals surface area contributed by atoms with Crippen molar-refractivity contribution >= 4 is 0 Å². The number of rotatable bonds is 1. The van der Waals surface area contributed by atoms with Gasteiger partial charge in [0.05, 0.1) is 12.0 Å². The zero-order chi connectivity index (χ0) is 9.26. The van der Waals surface area contributed by atoms with Crippen molar-refractivity contribution in [1.29, 1.82) is 0 Å². The van der Waals surface area contributed by atoms with Crippen LogP contribution in [0.3, 0.4) is 0 Å². The fourth-order valence-electron chi connectivity index (χ4n) is 1.16. The van der Waals surface area contributed by atoms with E-state index in [-0.39, 0.29) is 0 Å². The quantitative estimate of drug-likeness (QED) is 0.655. The van der Waals surface area contributed by atoms with Gasteiger partial charge in [-0.15, -0.1) is 0 Å². The molecule has 1 radical (unpaired) electrons. The molecule has 0 amide bonds. The highest BCUT2D eigenvalue weighted by molar-refractivity contribution is 5.53. The van der Waals surface area contributed by atoms with E-state index in [4.69, 9.17) is 0 Å². The molecular weight excluding hydrogens is 162 g/mol. The Morgan fingerprint density at radius 2 is 2.15 bits per heavy atom. The van der Waals surface area contributed by atoms with Crippen molar-refractivity contribution in [2.24, 2.45) is 7.05 Å². The molecule has 3 nitrogen and oxygen atoms in total. The van der Waals surface area contributed by atoms with Crippen LogP contribution in [0.15, 0.2) is 30.9 Å². The molecule has 65 valence electrons. The zero-order valence-corrected chi connectivity index (χ0v) is 7.44. The van der Waals surface area contributed by atoms with Gasteiger partial charge in [0.1, 0.15) is 5.69 Å². The Morgan fingerprint density at radius 1 is 1.31 bits per heavy atom. The minimum absolute atomic E-state index is 0.869. The summed E-state index contributed by atoms with van der Waals surface area (Å²) in [5, 5.41) is 0. The Hall–Kier alpha value is -1.64. The second kappa shape index (κ2) is 3.01. The van der Waals surface area contributed by atoms with Crippen molar-refractivity contribution in [3.05, 3.63) is 43.3 Å². The van der Waals surface area contributed by atoms with E-state index in [1.54, 1.807) is 12.5 Å². The van der Waals surface area contributed by atoms with E-state index < -0.39 is 0 Å². The van der Waals surface area contributed by atoms with Gasteiger partial charge < -0.3 is 4.57 Å². The number of nitrogens with zero attached hydrogens (tertiary/aromatic N) is 3. The van der Waals surface area contributed by atoms with Gasteiger partial charge in [0.25, 0.3) is 0 Å². The fourth-order valence-corrected chi connectivity index (χ4v) is 1.16. The van der Waals surface area contributed by atoms with Crippen LogP contribution in [0.5, 0.6) is 0 Å². The lowest BCUT2D eigenvalue weighted by atomic mass is 10.2. The van der Waals surface area contributed by atoms with Crippen LogP contribution in [0.4, 0.5) is 0 Å². The fraction of sp³-hybridized carbons (Fsp3) is 0.100. The highest BCUT2D eigenvalue weighted by Gasteiger charge is 2.01. The van der Waals surface area contributed by atoms with E-state index in [1.807, 2.05) is 29.9 Å². The number of aromatic nitrogens is 3. The van der Waals surface area contributed by atoms with E-state index in [9.17, 15) is 0 Å². The standard InChI is InChI=1S/C10H10N3/c1-8-3-4-11-9(5-8)10-6-13(2)7-12-10/h3-7H,1H2,2H3. The molecule has 0 spiro atoms. The second-order valence-electron chi connectivity index (χ2n) is 2.97.